The highest BCUT2D eigenvalue weighted by Crippen LogP contribution is 2.32. The van der Waals surface area contributed by atoms with E-state index >= 15 is 0 Å². The van der Waals surface area contributed by atoms with Gasteiger partial charge in [-0.05, 0) is 19.3 Å². The van der Waals surface area contributed by atoms with Crippen LogP contribution in [0.15, 0.2) is 0 Å². The lowest BCUT2D eigenvalue weighted by Gasteiger charge is -2.35. The standard InChI is InChI=1S/C11H18ClNO4S/c12-9-10(14)13-4-1-11(17-6-5-13)2-7-18(15,16)8-3-11/h1-9H2. The highest BCUT2D eigenvalue weighted by molar-refractivity contribution is 7.91. The van der Waals surface area contributed by atoms with Gasteiger partial charge in [-0.25, -0.2) is 8.42 Å². The average Bonchev–Trinajstić information content (AvgIpc) is 2.56. The fraction of sp³-hybridized carbons (Fsp3) is 0.909. The zero-order valence-corrected chi connectivity index (χ0v) is 11.8. The maximum atomic E-state index is 11.5. The zero-order valence-electron chi connectivity index (χ0n) is 10.2. The molecule has 104 valence electrons. The van der Waals surface area contributed by atoms with Crippen molar-refractivity contribution in [1.29, 1.82) is 0 Å². The number of sulfone groups is 1. The third-order valence-electron chi connectivity index (χ3n) is 3.81. The maximum absolute atomic E-state index is 11.5. The summed E-state index contributed by atoms with van der Waals surface area (Å²) >= 11 is 5.54. The first-order chi connectivity index (χ1) is 8.46. The van der Waals surface area contributed by atoms with Gasteiger partial charge in [0.25, 0.3) is 0 Å². The van der Waals surface area contributed by atoms with Gasteiger partial charge in [0.15, 0.2) is 9.84 Å². The van der Waals surface area contributed by atoms with Crippen LogP contribution in [0, 0.1) is 0 Å². The number of ether oxygens (including phenoxy) is 1. The van der Waals surface area contributed by atoms with Gasteiger partial charge >= 0.3 is 0 Å². The van der Waals surface area contributed by atoms with Crippen LogP contribution in [-0.2, 0) is 19.4 Å². The number of amides is 1. The second kappa shape index (κ2) is 5.35. The molecule has 7 heteroatoms. The summed E-state index contributed by atoms with van der Waals surface area (Å²) in [6.07, 6.45) is 1.78. The Morgan fingerprint density at radius 1 is 1.22 bits per heavy atom. The molecule has 2 saturated heterocycles. The Hall–Kier alpha value is -0.330. The molecule has 0 unspecified atom stereocenters. The quantitative estimate of drug-likeness (QED) is 0.658. The van der Waals surface area contributed by atoms with Crippen LogP contribution < -0.4 is 0 Å². The van der Waals surface area contributed by atoms with Gasteiger partial charge in [-0.2, -0.15) is 0 Å². The fourth-order valence-electron chi connectivity index (χ4n) is 2.53. The van der Waals surface area contributed by atoms with Crippen molar-refractivity contribution in [3.05, 3.63) is 0 Å². The fourth-order valence-corrected chi connectivity index (χ4v) is 4.27. The lowest BCUT2D eigenvalue weighted by molar-refractivity contribution is -0.128. The van der Waals surface area contributed by atoms with Crippen LogP contribution in [-0.4, -0.2) is 61.9 Å². The van der Waals surface area contributed by atoms with E-state index in [9.17, 15) is 13.2 Å². The summed E-state index contributed by atoms with van der Waals surface area (Å²) in [5.74, 6) is 0.287. The molecule has 2 aliphatic rings. The Labute approximate surface area is 112 Å². The highest BCUT2D eigenvalue weighted by Gasteiger charge is 2.39. The van der Waals surface area contributed by atoms with Crippen molar-refractivity contribution in [3.8, 4) is 0 Å². The van der Waals surface area contributed by atoms with Crippen LogP contribution in [0.4, 0.5) is 0 Å². The van der Waals surface area contributed by atoms with Gasteiger partial charge in [-0.1, -0.05) is 0 Å². The number of alkyl halides is 1. The van der Waals surface area contributed by atoms with E-state index in [4.69, 9.17) is 16.3 Å². The molecule has 0 aromatic carbocycles. The summed E-state index contributed by atoms with van der Waals surface area (Å²) < 4.78 is 28.7. The molecule has 0 aliphatic carbocycles. The van der Waals surface area contributed by atoms with Crippen LogP contribution in [0.2, 0.25) is 0 Å². The predicted molar refractivity (Wildman–Crippen MR) is 68.5 cm³/mol. The molecule has 2 rings (SSSR count). The molecule has 1 amide bonds. The molecule has 5 nitrogen and oxygen atoms in total. The molecule has 2 fully saturated rings. The Bertz CT molecular complexity index is 409. The normalized spacial score (nSPS) is 26.8. The molecule has 0 saturated carbocycles. The van der Waals surface area contributed by atoms with Crippen LogP contribution in [0.5, 0.6) is 0 Å². The number of hydrogen-bond acceptors (Lipinski definition) is 4. The van der Waals surface area contributed by atoms with Crippen molar-refractivity contribution in [2.75, 3.05) is 37.1 Å². The lowest BCUT2D eigenvalue weighted by atomic mass is 9.92. The van der Waals surface area contributed by atoms with Gasteiger partial charge in [0.2, 0.25) is 5.91 Å². The first-order valence-electron chi connectivity index (χ1n) is 6.15. The number of carbonyl (C=O) groups is 1. The molecular formula is C11H18ClNO4S. The van der Waals surface area contributed by atoms with E-state index in [1.807, 2.05) is 0 Å². The lowest BCUT2D eigenvalue weighted by Crippen LogP contribution is -2.42. The van der Waals surface area contributed by atoms with Gasteiger partial charge in [0.05, 0.1) is 23.7 Å². The van der Waals surface area contributed by atoms with E-state index < -0.39 is 9.84 Å². The maximum Gasteiger partial charge on any atom is 0.237 e. The van der Waals surface area contributed by atoms with Crippen molar-refractivity contribution in [1.82, 2.24) is 4.90 Å². The molecule has 1 spiro atoms. The van der Waals surface area contributed by atoms with E-state index in [-0.39, 0.29) is 28.9 Å². The number of hydrogen-bond donors (Lipinski definition) is 0. The first-order valence-corrected chi connectivity index (χ1v) is 8.50. The van der Waals surface area contributed by atoms with Crippen LogP contribution >= 0.6 is 11.6 Å². The molecule has 0 radical (unpaired) electrons. The second-order valence-corrected chi connectivity index (χ2v) is 7.52. The summed E-state index contributed by atoms with van der Waals surface area (Å²) in [6.45, 7) is 1.61. The van der Waals surface area contributed by atoms with E-state index in [1.54, 1.807) is 4.90 Å². The van der Waals surface area contributed by atoms with E-state index in [1.165, 1.54) is 0 Å². The van der Waals surface area contributed by atoms with Crippen molar-refractivity contribution < 1.29 is 17.9 Å². The van der Waals surface area contributed by atoms with Gasteiger partial charge < -0.3 is 9.64 Å². The van der Waals surface area contributed by atoms with Gasteiger partial charge in [0.1, 0.15) is 5.88 Å². The summed E-state index contributed by atoms with van der Waals surface area (Å²) in [5.41, 5.74) is -0.355. The van der Waals surface area contributed by atoms with Crippen molar-refractivity contribution in [2.24, 2.45) is 0 Å². The average molecular weight is 296 g/mol. The molecule has 0 atom stereocenters. The second-order valence-electron chi connectivity index (χ2n) is 4.95. The Morgan fingerprint density at radius 2 is 1.89 bits per heavy atom. The van der Waals surface area contributed by atoms with E-state index in [0.717, 1.165) is 0 Å². The van der Waals surface area contributed by atoms with E-state index in [2.05, 4.69) is 0 Å². The van der Waals surface area contributed by atoms with Crippen molar-refractivity contribution in [2.45, 2.75) is 24.9 Å². The molecule has 2 heterocycles. The molecule has 2 aliphatic heterocycles. The summed E-state index contributed by atoms with van der Waals surface area (Å²) in [4.78, 5) is 13.2. The molecule has 0 N–H and O–H groups in total. The summed E-state index contributed by atoms with van der Waals surface area (Å²) in [7, 11) is -2.89. The number of nitrogens with zero attached hydrogens (tertiary/aromatic N) is 1. The minimum Gasteiger partial charge on any atom is -0.373 e. The van der Waals surface area contributed by atoms with Gasteiger partial charge in [-0.3, -0.25) is 4.79 Å². The molecule has 0 bridgehead atoms. The number of halogens is 1. The van der Waals surface area contributed by atoms with Crippen LogP contribution in [0.3, 0.4) is 0 Å². The Morgan fingerprint density at radius 3 is 2.50 bits per heavy atom. The summed E-state index contributed by atoms with van der Waals surface area (Å²) in [5, 5.41) is 0. The first kappa shape index (κ1) is 14.1. The minimum absolute atomic E-state index is 0.0125. The summed E-state index contributed by atoms with van der Waals surface area (Å²) in [6, 6.07) is 0. The monoisotopic (exact) mass is 295 g/mol. The highest BCUT2D eigenvalue weighted by atomic mass is 35.5. The topological polar surface area (TPSA) is 63.7 Å². The van der Waals surface area contributed by atoms with Gasteiger partial charge in [0, 0.05) is 13.1 Å². The Kier molecular flexibility index (Phi) is 4.18. The van der Waals surface area contributed by atoms with Crippen molar-refractivity contribution >= 4 is 27.3 Å². The molecule has 18 heavy (non-hydrogen) atoms. The van der Waals surface area contributed by atoms with Crippen molar-refractivity contribution in [3.63, 3.8) is 0 Å². The number of carbonyl (C=O) groups excluding carboxylic acids is 1. The largest absolute Gasteiger partial charge is 0.373 e. The molecular weight excluding hydrogens is 278 g/mol. The van der Waals surface area contributed by atoms with E-state index in [0.29, 0.717) is 39.0 Å². The molecule has 0 aromatic rings. The number of rotatable bonds is 1. The predicted octanol–water partition coefficient (Wildman–Crippen LogP) is 0.422. The smallest absolute Gasteiger partial charge is 0.237 e. The zero-order chi connectivity index (χ0) is 13.2. The Balaban J connectivity index is 1.99. The van der Waals surface area contributed by atoms with Crippen LogP contribution in [0.1, 0.15) is 19.3 Å². The third kappa shape index (κ3) is 3.16. The minimum atomic E-state index is -2.89. The van der Waals surface area contributed by atoms with Gasteiger partial charge in [-0.15, -0.1) is 11.6 Å². The third-order valence-corrected chi connectivity index (χ3v) is 5.69. The molecule has 0 aromatic heterocycles. The SMILES string of the molecule is O=C(CCl)N1CCOC2(CC1)CCS(=O)(=O)CC2. The van der Waals surface area contributed by atoms with Crippen LogP contribution in [0.25, 0.3) is 0 Å².